The van der Waals surface area contributed by atoms with E-state index in [0.717, 1.165) is 12.8 Å². The molecule has 72 valence electrons. The first kappa shape index (κ1) is 11.6. The molecular formula is C9H13NO3. The maximum atomic E-state index is 10.7. The van der Waals surface area contributed by atoms with Crippen molar-refractivity contribution >= 4 is 12.0 Å². The molecule has 0 aromatic rings. The topological polar surface area (TPSA) is 55.7 Å². The number of allylic oxidation sites excluding steroid dienone is 1. The number of hydrogen-bond acceptors (Lipinski definition) is 3. The molecule has 0 rings (SSSR count). The summed E-state index contributed by atoms with van der Waals surface area (Å²) < 4.78 is 5.15. The van der Waals surface area contributed by atoms with E-state index >= 15 is 0 Å². The lowest BCUT2D eigenvalue weighted by Crippen LogP contribution is -1.95. The number of carbonyl (C=O) groups excluding carboxylic acids is 2. The minimum Gasteiger partial charge on any atom is -0.498 e. The minimum absolute atomic E-state index is 0.470. The van der Waals surface area contributed by atoms with Crippen LogP contribution in [0, 0.1) is 0 Å². The van der Waals surface area contributed by atoms with Gasteiger partial charge in [0.15, 0.2) is 0 Å². The first-order chi connectivity index (χ1) is 6.20. The van der Waals surface area contributed by atoms with Gasteiger partial charge in [0.1, 0.15) is 0 Å². The van der Waals surface area contributed by atoms with Crippen molar-refractivity contribution in [3.8, 4) is 0 Å². The zero-order valence-electron chi connectivity index (χ0n) is 7.87. The van der Waals surface area contributed by atoms with E-state index in [1.165, 1.54) is 12.2 Å². The lowest BCUT2D eigenvalue weighted by Gasteiger charge is -2.02. The molecule has 0 fully saturated rings. The number of ether oxygens (including phenoxy) is 1. The van der Waals surface area contributed by atoms with Crippen molar-refractivity contribution < 1.29 is 14.3 Å². The van der Waals surface area contributed by atoms with E-state index in [2.05, 4.69) is 4.99 Å². The zero-order valence-corrected chi connectivity index (χ0v) is 7.87. The molecule has 4 heteroatoms. The Morgan fingerprint density at radius 3 is 2.85 bits per heavy atom. The van der Waals surface area contributed by atoms with Gasteiger partial charge in [-0.1, -0.05) is 13.3 Å². The van der Waals surface area contributed by atoms with Gasteiger partial charge in [0.25, 0.3) is 5.91 Å². The fourth-order valence-electron chi connectivity index (χ4n) is 0.670. The third-order valence-electron chi connectivity index (χ3n) is 1.31. The molecule has 0 N–H and O–H groups in total. The number of hydrogen-bond donors (Lipinski definition) is 0. The van der Waals surface area contributed by atoms with Gasteiger partial charge in [0.05, 0.1) is 12.4 Å². The first-order valence-electron chi connectivity index (χ1n) is 4.13. The van der Waals surface area contributed by atoms with Gasteiger partial charge in [-0.25, -0.2) is 4.79 Å². The molecule has 0 heterocycles. The van der Waals surface area contributed by atoms with Crippen molar-refractivity contribution in [1.29, 1.82) is 0 Å². The van der Waals surface area contributed by atoms with Crippen LogP contribution in [-0.4, -0.2) is 18.6 Å². The highest BCUT2D eigenvalue weighted by atomic mass is 16.5. The average molecular weight is 183 g/mol. The quantitative estimate of drug-likeness (QED) is 0.214. The Balaban J connectivity index is 3.87. The first-order valence-corrected chi connectivity index (χ1v) is 4.13. The van der Waals surface area contributed by atoms with E-state index in [0.29, 0.717) is 12.4 Å². The molecule has 4 nitrogen and oxygen atoms in total. The molecule has 0 aliphatic heterocycles. The maximum absolute atomic E-state index is 10.7. The minimum atomic E-state index is -0.635. The monoisotopic (exact) mass is 183 g/mol. The second-order valence-electron chi connectivity index (χ2n) is 2.50. The van der Waals surface area contributed by atoms with Crippen molar-refractivity contribution in [2.45, 2.75) is 26.7 Å². The van der Waals surface area contributed by atoms with E-state index in [1.807, 2.05) is 6.92 Å². The summed E-state index contributed by atoms with van der Waals surface area (Å²) in [6, 6.07) is 0. The van der Waals surface area contributed by atoms with Crippen molar-refractivity contribution in [2.24, 2.45) is 4.99 Å². The van der Waals surface area contributed by atoms with Gasteiger partial charge in [0, 0.05) is 6.08 Å². The molecule has 0 spiro atoms. The molecule has 1 amide bonds. The van der Waals surface area contributed by atoms with Crippen LogP contribution in [0.1, 0.15) is 26.7 Å². The van der Waals surface area contributed by atoms with E-state index in [4.69, 9.17) is 4.74 Å². The Bertz CT molecular complexity index is 239. The van der Waals surface area contributed by atoms with Crippen LogP contribution in [0.2, 0.25) is 0 Å². The highest BCUT2D eigenvalue weighted by Gasteiger charge is 1.95. The number of amides is 1. The Morgan fingerprint density at radius 2 is 2.31 bits per heavy atom. The van der Waals surface area contributed by atoms with Gasteiger partial charge in [-0.2, -0.15) is 0 Å². The van der Waals surface area contributed by atoms with Crippen LogP contribution in [0.5, 0.6) is 0 Å². The van der Waals surface area contributed by atoms with Crippen molar-refractivity contribution in [1.82, 2.24) is 0 Å². The van der Waals surface area contributed by atoms with Crippen LogP contribution >= 0.6 is 0 Å². The van der Waals surface area contributed by atoms with Crippen LogP contribution in [0.25, 0.3) is 0 Å². The summed E-state index contributed by atoms with van der Waals surface area (Å²) in [7, 11) is 0. The van der Waals surface area contributed by atoms with Gasteiger partial charge in [-0.05, 0) is 13.3 Å². The van der Waals surface area contributed by atoms with Crippen LogP contribution in [-0.2, 0) is 14.3 Å². The molecule has 0 saturated carbocycles. The van der Waals surface area contributed by atoms with Gasteiger partial charge < -0.3 is 4.74 Å². The molecule has 0 bridgehead atoms. The molecule has 0 atom stereocenters. The normalized spacial score (nSPS) is 10.5. The number of carbonyl (C=O) groups is 1. The van der Waals surface area contributed by atoms with E-state index in [-0.39, 0.29) is 0 Å². The highest BCUT2D eigenvalue weighted by Crippen LogP contribution is 1.98. The summed E-state index contributed by atoms with van der Waals surface area (Å²) >= 11 is 0. The van der Waals surface area contributed by atoms with Gasteiger partial charge in [-0.15, -0.1) is 4.99 Å². The van der Waals surface area contributed by atoms with Crippen LogP contribution < -0.4 is 0 Å². The average Bonchev–Trinajstić information content (AvgIpc) is 2.05. The second kappa shape index (κ2) is 7.25. The van der Waals surface area contributed by atoms with Crippen LogP contribution in [0.3, 0.4) is 0 Å². The third-order valence-corrected chi connectivity index (χ3v) is 1.31. The van der Waals surface area contributed by atoms with Crippen molar-refractivity contribution in [2.75, 3.05) is 6.61 Å². The number of unbranched alkanes of at least 4 members (excludes halogenated alkanes) is 1. The van der Waals surface area contributed by atoms with E-state index < -0.39 is 5.91 Å². The SMILES string of the molecule is CCCCO/C(C)=C\C(=O)N=C=O. The van der Waals surface area contributed by atoms with Gasteiger partial charge in [-0.3, -0.25) is 4.79 Å². The Morgan fingerprint density at radius 1 is 1.62 bits per heavy atom. The van der Waals surface area contributed by atoms with E-state index in [1.54, 1.807) is 6.92 Å². The number of nitrogens with zero attached hydrogens (tertiary/aromatic N) is 1. The van der Waals surface area contributed by atoms with Gasteiger partial charge >= 0.3 is 0 Å². The Kier molecular flexibility index (Phi) is 6.46. The smallest absolute Gasteiger partial charge is 0.283 e. The molecule has 0 aliphatic rings. The predicted molar refractivity (Wildman–Crippen MR) is 47.7 cm³/mol. The summed E-state index contributed by atoms with van der Waals surface area (Å²) in [4.78, 5) is 23.3. The molecule has 0 saturated heterocycles. The Labute approximate surface area is 77.3 Å². The summed E-state index contributed by atoms with van der Waals surface area (Å²) in [5.74, 6) is -0.165. The molecule has 0 aromatic heterocycles. The second-order valence-corrected chi connectivity index (χ2v) is 2.50. The summed E-state index contributed by atoms with van der Waals surface area (Å²) in [6.07, 6.45) is 4.31. The standard InChI is InChI=1S/C9H13NO3/c1-3-4-5-13-8(2)6-9(12)10-7-11/h6H,3-5H2,1-2H3/b8-6-. The van der Waals surface area contributed by atoms with Gasteiger partial charge in [0.2, 0.25) is 6.08 Å². The molecule has 0 unspecified atom stereocenters. The number of aliphatic imine (C=N–C) groups is 1. The fourth-order valence-corrected chi connectivity index (χ4v) is 0.670. The van der Waals surface area contributed by atoms with Crippen molar-refractivity contribution in [3.05, 3.63) is 11.8 Å². The molecular weight excluding hydrogens is 170 g/mol. The molecule has 0 radical (unpaired) electrons. The fraction of sp³-hybridized carbons (Fsp3) is 0.556. The molecule has 0 aliphatic carbocycles. The summed E-state index contributed by atoms with van der Waals surface area (Å²) in [5, 5.41) is 0. The maximum Gasteiger partial charge on any atom is 0.283 e. The van der Waals surface area contributed by atoms with Crippen LogP contribution in [0.4, 0.5) is 0 Å². The largest absolute Gasteiger partial charge is 0.498 e. The van der Waals surface area contributed by atoms with E-state index in [9.17, 15) is 9.59 Å². The zero-order chi connectivity index (χ0) is 10.1. The number of isocyanates is 1. The van der Waals surface area contributed by atoms with Crippen LogP contribution in [0.15, 0.2) is 16.8 Å². The summed E-state index contributed by atoms with van der Waals surface area (Å²) in [5.41, 5.74) is 0. The van der Waals surface area contributed by atoms with Crippen molar-refractivity contribution in [3.63, 3.8) is 0 Å². The summed E-state index contributed by atoms with van der Waals surface area (Å²) in [6.45, 7) is 4.27. The highest BCUT2D eigenvalue weighted by molar-refractivity contribution is 5.91. The third kappa shape index (κ3) is 6.97. The lowest BCUT2D eigenvalue weighted by atomic mass is 10.3. The molecule has 13 heavy (non-hydrogen) atoms. The number of rotatable bonds is 5. The molecule has 0 aromatic carbocycles. The predicted octanol–water partition coefficient (Wildman–Crippen LogP) is 1.57. The Hall–Kier alpha value is -1.41. The lowest BCUT2D eigenvalue weighted by molar-refractivity contribution is -0.113.